The van der Waals surface area contributed by atoms with Crippen LogP contribution in [0.4, 0.5) is 17.2 Å². The molecule has 0 aliphatic carbocycles. The summed E-state index contributed by atoms with van der Waals surface area (Å²) in [6, 6.07) is 8.15. The summed E-state index contributed by atoms with van der Waals surface area (Å²) in [5.41, 5.74) is 13.7. The Morgan fingerprint density at radius 3 is 2.52 bits per heavy atom. The van der Waals surface area contributed by atoms with Gasteiger partial charge in [0.2, 0.25) is 0 Å². The van der Waals surface area contributed by atoms with Crippen molar-refractivity contribution in [2.45, 2.75) is 18.9 Å². The van der Waals surface area contributed by atoms with Crippen molar-refractivity contribution in [3.05, 3.63) is 45.3 Å². The van der Waals surface area contributed by atoms with Crippen LogP contribution in [0.2, 0.25) is 0 Å². The van der Waals surface area contributed by atoms with E-state index in [0.717, 1.165) is 43.1 Å². The predicted molar refractivity (Wildman–Crippen MR) is 113 cm³/mol. The van der Waals surface area contributed by atoms with Gasteiger partial charge in [-0.05, 0) is 42.2 Å². The summed E-state index contributed by atoms with van der Waals surface area (Å²) in [7, 11) is 0. The van der Waals surface area contributed by atoms with Crippen LogP contribution >= 0.6 is 11.3 Å². The van der Waals surface area contributed by atoms with Crippen LogP contribution in [0.3, 0.4) is 0 Å². The molecule has 1 saturated heterocycles. The van der Waals surface area contributed by atoms with E-state index in [4.69, 9.17) is 11.5 Å². The first-order chi connectivity index (χ1) is 13.8. The first-order valence-electron chi connectivity index (χ1n) is 9.07. The molecule has 0 spiro atoms. The second kappa shape index (κ2) is 7.30. The van der Waals surface area contributed by atoms with Gasteiger partial charge < -0.3 is 21.5 Å². The van der Waals surface area contributed by atoms with E-state index in [1.165, 1.54) is 12.1 Å². The standard InChI is InChI=1S/C19H19N5O4S/c20-11-5-7-23(8-6-11)14-9-13(10-1-3-12(4-2-10)24(27)28)15-16(21)17(19(25)26)29-18(15)22-14/h1-4,9,11H,5-8,20-21H2,(H,25,26). The minimum absolute atomic E-state index is 0.0196. The number of carboxylic acids is 1. The fourth-order valence-corrected chi connectivity index (χ4v) is 4.50. The highest BCUT2D eigenvalue weighted by Gasteiger charge is 2.24. The van der Waals surface area contributed by atoms with Gasteiger partial charge in [0.1, 0.15) is 15.5 Å². The van der Waals surface area contributed by atoms with E-state index in [9.17, 15) is 20.0 Å². The maximum atomic E-state index is 11.6. The lowest BCUT2D eigenvalue weighted by Gasteiger charge is -2.31. The number of aromatic nitrogens is 1. The van der Waals surface area contributed by atoms with Crippen LogP contribution in [-0.4, -0.2) is 40.1 Å². The number of aromatic carboxylic acids is 1. The van der Waals surface area contributed by atoms with Crippen molar-refractivity contribution in [2.75, 3.05) is 23.7 Å². The van der Waals surface area contributed by atoms with Gasteiger partial charge in [0.05, 0.1) is 10.6 Å². The third-order valence-electron chi connectivity index (χ3n) is 5.13. The van der Waals surface area contributed by atoms with E-state index in [-0.39, 0.29) is 22.3 Å². The molecule has 1 aliphatic rings. The summed E-state index contributed by atoms with van der Waals surface area (Å²) < 4.78 is 0. The van der Waals surface area contributed by atoms with Crippen molar-refractivity contribution >= 4 is 44.7 Å². The van der Waals surface area contributed by atoms with Crippen LogP contribution < -0.4 is 16.4 Å². The minimum Gasteiger partial charge on any atom is -0.477 e. The van der Waals surface area contributed by atoms with Crippen molar-refractivity contribution in [2.24, 2.45) is 5.73 Å². The van der Waals surface area contributed by atoms with E-state index >= 15 is 0 Å². The molecule has 9 nitrogen and oxygen atoms in total. The number of nitro groups is 1. The molecular formula is C19H19N5O4S. The number of pyridine rings is 1. The number of nitrogens with two attached hydrogens (primary N) is 2. The number of nitrogen functional groups attached to an aromatic ring is 1. The van der Waals surface area contributed by atoms with Crippen LogP contribution in [0.5, 0.6) is 0 Å². The minimum atomic E-state index is -1.11. The molecule has 0 saturated carbocycles. The molecule has 1 aliphatic heterocycles. The van der Waals surface area contributed by atoms with Gasteiger partial charge in [0.15, 0.2) is 0 Å². The van der Waals surface area contributed by atoms with E-state index in [2.05, 4.69) is 9.88 Å². The number of anilines is 2. The van der Waals surface area contributed by atoms with Crippen LogP contribution in [0.1, 0.15) is 22.5 Å². The monoisotopic (exact) mass is 413 g/mol. The van der Waals surface area contributed by atoms with Gasteiger partial charge in [-0.15, -0.1) is 11.3 Å². The number of fused-ring (bicyclic) bond motifs is 1. The first kappa shape index (κ1) is 19.1. The number of hydrogen-bond acceptors (Lipinski definition) is 8. The Labute approximate surface area is 169 Å². The van der Waals surface area contributed by atoms with Crippen LogP contribution in [0.25, 0.3) is 21.3 Å². The molecule has 2 aromatic heterocycles. The van der Waals surface area contributed by atoms with E-state index < -0.39 is 10.9 Å². The number of benzene rings is 1. The van der Waals surface area contributed by atoms with E-state index in [1.807, 2.05) is 6.07 Å². The maximum absolute atomic E-state index is 11.6. The summed E-state index contributed by atoms with van der Waals surface area (Å²) >= 11 is 1.03. The molecule has 4 rings (SSSR count). The van der Waals surface area contributed by atoms with Gasteiger partial charge in [0.25, 0.3) is 5.69 Å². The average Bonchev–Trinajstić information content (AvgIpc) is 3.05. The summed E-state index contributed by atoms with van der Waals surface area (Å²) in [4.78, 5) is 29.5. The molecule has 150 valence electrons. The number of rotatable bonds is 4. The molecule has 1 aromatic carbocycles. The number of non-ortho nitro benzene ring substituents is 1. The molecule has 0 bridgehead atoms. The summed E-state index contributed by atoms with van der Waals surface area (Å²) in [5.74, 6) is -0.387. The Hall–Kier alpha value is -3.24. The Morgan fingerprint density at radius 2 is 1.93 bits per heavy atom. The number of nitrogens with zero attached hydrogens (tertiary/aromatic N) is 3. The Balaban J connectivity index is 1.89. The zero-order valence-corrected chi connectivity index (χ0v) is 16.2. The van der Waals surface area contributed by atoms with Gasteiger partial charge in [-0.3, -0.25) is 10.1 Å². The summed E-state index contributed by atoms with van der Waals surface area (Å²) in [5, 5.41) is 21.0. The molecule has 0 radical (unpaired) electrons. The molecular weight excluding hydrogens is 394 g/mol. The fraction of sp³-hybridized carbons (Fsp3) is 0.263. The molecule has 3 heterocycles. The van der Waals surface area contributed by atoms with Gasteiger partial charge in [-0.2, -0.15) is 0 Å². The summed E-state index contributed by atoms with van der Waals surface area (Å²) in [6.45, 7) is 1.51. The van der Waals surface area contributed by atoms with E-state index in [1.54, 1.807) is 12.1 Å². The van der Waals surface area contributed by atoms with Gasteiger partial charge in [-0.1, -0.05) is 0 Å². The average molecular weight is 413 g/mol. The highest BCUT2D eigenvalue weighted by atomic mass is 32.1. The zero-order chi connectivity index (χ0) is 20.7. The Kier molecular flexibility index (Phi) is 4.81. The third kappa shape index (κ3) is 3.47. The second-order valence-corrected chi connectivity index (χ2v) is 7.99. The molecule has 0 unspecified atom stereocenters. The maximum Gasteiger partial charge on any atom is 0.348 e. The number of carbonyl (C=O) groups is 1. The van der Waals surface area contributed by atoms with Crippen LogP contribution in [0.15, 0.2) is 30.3 Å². The molecule has 29 heavy (non-hydrogen) atoms. The first-order valence-corrected chi connectivity index (χ1v) is 9.88. The van der Waals surface area contributed by atoms with Gasteiger partial charge in [-0.25, -0.2) is 9.78 Å². The van der Waals surface area contributed by atoms with E-state index in [0.29, 0.717) is 21.3 Å². The lowest BCUT2D eigenvalue weighted by molar-refractivity contribution is -0.384. The normalized spacial score (nSPS) is 15.0. The number of carboxylic acid groups (broad SMARTS) is 1. The molecule has 0 amide bonds. The number of thiophene rings is 1. The van der Waals surface area contributed by atoms with Crippen molar-refractivity contribution < 1.29 is 14.8 Å². The van der Waals surface area contributed by atoms with Crippen molar-refractivity contribution in [1.82, 2.24) is 4.98 Å². The number of nitro benzene ring substituents is 1. The van der Waals surface area contributed by atoms with Crippen molar-refractivity contribution in [1.29, 1.82) is 0 Å². The summed E-state index contributed by atoms with van der Waals surface area (Å²) in [6.07, 6.45) is 1.69. The lowest BCUT2D eigenvalue weighted by Crippen LogP contribution is -2.40. The zero-order valence-electron chi connectivity index (χ0n) is 15.4. The van der Waals surface area contributed by atoms with Crippen LogP contribution in [0, 0.1) is 10.1 Å². The molecule has 10 heteroatoms. The van der Waals surface area contributed by atoms with Crippen LogP contribution in [-0.2, 0) is 0 Å². The second-order valence-electron chi connectivity index (χ2n) is 6.99. The van der Waals surface area contributed by atoms with Gasteiger partial charge >= 0.3 is 5.97 Å². The number of piperidine rings is 1. The van der Waals surface area contributed by atoms with Crippen molar-refractivity contribution in [3.8, 4) is 11.1 Å². The van der Waals surface area contributed by atoms with Gasteiger partial charge in [0, 0.05) is 36.7 Å². The largest absolute Gasteiger partial charge is 0.477 e. The fourth-order valence-electron chi connectivity index (χ4n) is 3.55. The third-order valence-corrected chi connectivity index (χ3v) is 6.22. The van der Waals surface area contributed by atoms with Crippen molar-refractivity contribution in [3.63, 3.8) is 0 Å². The smallest absolute Gasteiger partial charge is 0.348 e. The highest BCUT2D eigenvalue weighted by Crippen LogP contribution is 2.41. The molecule has 3 aromatic rings. The molecule has 1 fully saturated rings. The SMILES string of the molecule is Nc1c(C(=O)O)sc2nc(N3CCC(N)CC3)cc(-c3ccc([N+](=O)[O-])cc3)c12. The molecule has 0 atom stereocenters. The number of hydrogen-bond donors (Lipinski definition) is 3. The molecule has 5 N–H and O–H groups in total. The Bertz CT molecular complexity index is 1100. The lowest BCUT2D eigenvalue weighted by atomic mass is 10.0. The highest BCUT2D eigenvalue weighted by molar-refractivity contribution is 7.21. The quantitative estimate of drug-likeness (QED) is 0.436. The topological polar surface area (TPSA) is 149 Å². The Morgan fingerprint density at radius 1 is 1.28 bits per heavy atom. The predicted octanol–water partition coefficient (Wildman–Crippen LogP) is 3.08.